The molecule has 0 aliphatic carbocycles. The number of aromatic nitrogens is 4. The molecule has 8 heteroatoms. The minimum atomic E-state index is 0.138. The van der Waals surface area contributed by atoms with Gasteiger partial charge in [0.2, 0.25) is 5.91 Å². The maximum atomic E-state index is 12.9. The molecule has 0 atom stereocenters. The molecule has 0 saturated carbocycles. The molecule has 0 unspecified atom stereocenters. The topological polar surface area (TPSA) is 80.0 Å². The number of aryl methyl sites for hydroxylation is 1. The summed E-state index contributed by atoms with van der Waals surface area (Å²) in [5.74, 6) is 1.93. The molecular formula is C24H25N5O2S. The van der Waals surface area contributed by atoms with Crippen LogP contribution in [0.25, 0.3) is 22.5 Å². The van der Waals surface area contributed by atoms with Crippen molar-refractivity contribution in [3.8, 4) is 11.4 Å². The Balaban J connectivity index is 1.20. The van der Waals surface area contributed by atoms with Crippen LogP contribution in [0.4, 0.5) is 0 Å². The number of nitrogens with zero attached hydrogens (tertiary/aromatic N) is 4. The first-order chi connectivity index (χ1) is 15.6. The summed E-state index contributed by atoms with van der Waals surface area (Å²) in [6.07, 6.45) is 2.11. The van der Waals surface area contributed by atoms with Crippen molar-refractivity contribution in [3.63, 3.8) is 0 Å². The number of hydrogen-bond acceptors (Lipinski definition) is 5. The van der Waals surface area contributed by atoms with Crippen molar-refractivity contribution in [3.05, 3.63) is 64.8 Å². The summed E-state index contributed by atoms with van der Waals surface area (Å²) < 4.78 is 8.37. The molecule has 7 nitrogen and oxygen atoms in total. The van der Waals surface area contributed by atoms with Crippen molar-refractivity contribution in [1.82, 2.24) is 24.6 Å². The van der Waals surface area contributed by atoms with Gasteiger partial charge in [-0.2, -0.15) is 5.10 Å². The molecule has 0 spiro atoms. The van der Waals surface area contributed by atoms with E-state index in [0.717, 1.165) is 41.2 Å². The second kappa shape index (κ2) is 8.70. The van der Waals surface area contributed by atoms with Crippen molar-refractivity contribution < 1.29 is 9.21 Å². The van der Waals surface area contributed by atoms with Crippen LogP contribution in [0.1, 0.15) is 36.6 Å². The van der Waals surface area contributed by atoms with Gasteiger partial charge < -0.3 is 9.32 Å². The molecule has 32 heavy (non-hydrogen) atoms. The Morgan fingerprint density at radius 2 is 1.91 bits per heavy atom. The second-order valence-electron chi connectivity index (χ2n) is 8.29. The highest BCUT2D eigenvalue weighted by molar-refractivity contribution is 7.71. The van der Waals surface area contributed by atoms with Crippen LogP contribution < -0.4 is 0 Å². The fourth-order valence-corrected chi connectivity index (χ4v) is 4.48. The molecule has 0 bridgehead atoms. The number of carbonyl (C=O) groups excluding carboxylic acids is 1. The molecule has 2 aromatic carbocycles. The van der Waals surface area contributed by atoms with Crippen LogP contribution in [-0.4, -0.2) is 43.6 Å². The number of nitrogens with one attached hydrogen (secondary N) is 1. The number of fused-ring (bicyclic) bond motifs is 1. The summed E-state index contributed by atoms with van der Waals surface area (Å²) in [5, 5.41) is 7.23. The normalized spacial score (nSPS) is 14.8. The first-order valence-electron chi connectivity index (χ1n) is 10.9. The molecule has 1 amide bonds. The third-order valence-corrected chi connectivity index (χ3v) is 6.44. The Morgan fingerprint density at radius 3 is 2.66 bits per heavy atom. The van der Waals surface area contributed by atoms with Crippen molar-refractivity contribution in [2.45, 2.75) is 38.6 Å². The standard InChI is InChI=1S/C24H25N5O2S/c1-16-6-8-17(9-7-16)22-26-27-24(32)29(22)15-12-21(30)28-13-10-18(11-14-28)23-25-19-4-2-3-5-20(19)31-23/h2-9,18H,10-15H2,1H3,(H,27,32). The molecule has 1 fully saturated rings. The minimum absolute atomic E-state index is 0.138. The fraction of sp³-hybridized carbons (Fsp3) is 0.333. The van der Waals surface area contributed by atoms with Crippen LogP contribution in [0.5, 0.6) is 0 Å². The Bertz CT molecular complexity index is 1260. The first-order valence-corrected chi connectivity index (χ1v) is 11.3. The van der Waals surface area contributed by atoms with E-state index in [0.29, 0.717) is 30.8 Å². The zero-order valence-corrected chi connectivity index (χ0v) is 18.8. The summed E-state index contributed by atoms with van der Waals surface area (Å²) in [6, 6.07) is 16.0. The number of amides is 1. The number of piperidine rings is 1. The van der Waals surface area contributed by atoms with Gasteiger partial charge in [-0.1, -0.05) is 42.0 Å². The Hall–Kier alpha value is -3.26. The number of oxazole rings is 1. The van der Waals surface area contributed by atoms with Crippen LogP contribution in [0.2, 0.25) is 0 Å². The van der Waals surface area contributed by atoms with Crippen LogP contribution >= 0.6 is 12.2 Å². The molecule has 1 aliphatic rings. The van der Waals surface area contributed by atoms with Gasteiger partial charge in [0.25, 0.3) is 0 Å². The van der Waals surface area contributed by atoms with Crippen molar-refractivity contribution in [2.75, 3.05) is 13.1 Å². The van der Waals surface area contributed by atoms with Crippen LogP contribution in [0.15, 0.2) is 52.9 Å². The fourth-order valence-electron chi connectivity index (χ4n) is 4.25. The predicted molar refractivity (Wildman–Crippen MR) is 125 cm³/mol. The van der Waals surface area contributed by atoms with Gasteiger partial charge in [0, 0.05) is 37.5 Å². The average molecular weight is 448 g/mol. The maximum absolute atomic E-state index is 12.9. The first kappa shape index (κ1) is 20.6. The van der Waals surface area contributed by atoms with Crippen LogP contribution in [0, 0.1) is 11.7 Å². The second-order valence-corrected chi connectivity index (χ2v) is 8.68. The lowest BCUT2D eigenvalue weighted by molar-refractivity contribution is -0.132. The molecule has 0 radical (unpaired) electrons. The van der Waals surface area contributed by atoms with E-state index in [-0.39, 0.29) is 11.8 Å². The molecule has 1 aliphatic heterocycles. The molecule has 3 heterocycles. The van der Waals surface area contributed by atoms with E-state index in [9.17, 15) is 4.79 Å². The van der Waals surface area contributed by atoms with E-state index in [1.54, 1.807) is 0 Å². The lowest BCUT2D eigenvalue weighted by Gasteiger charge is -2.30. The molecule has 4 aromatic rings. The minimum Gasteiger partial charge on any atom is -0.440 e. The molecular weight excluding hydrogens is 422 g/mol. The summed E-state index contributed by atoms with van der Waals surface area (Å²) in [6.45, 7) is 3.98. The van der Waals surface area contributed by atoms with Crippen molar-refractivity contribution in [2.24, 2.45) is 0 Å². The maximum Gasteiger partial charge on any atom is 0.224 e. The van der Waals surface area contributed by atoms with Crippen molar-refractivity contribution >= 4 is 29.2 Å². The smallest absolute Gasteiger partial charge is 0.224 e. The third-order valence-electron chi connectivity index (χ3n) is 6.12. The van der Waals surface area contributed by atoms with Crippen molar-refractivity contribution in [1.29, 1.82) is 0 Å². The molecule has 1 saturated heterocycles. The number of H-pyrrole nitrogens is 1. The monoisotopic (exact) mass is 447 g/mol. The summed E-state index contributed by atoms with van der Waals surface area (Å²) in [5.41, 5.74) is 3.88. The summed E-state index contributed by atoms with van der Waals surface area (Å²) in [7, 11) is 0. The summed E-state index contributed by atoms with van der Waals surface area (Å²) >= 11 is 5.41. The van der Waals surface area contributed by atoms with Gasteiger partial charge in [-0.15, -0.1) is 0 Å². The number of rotatable bonds is 5. The van der Waals surface area contributed by atoms with E-state index < -0.39 is 0 Å². The van der Waals surface area contributed by atoms with E-state index in [1.165, 1.54) is 5.56 Å². The molecule has 164 valence electrons. The molecule has 5 rings (SSSR count). The Kier molecular flexibility index (Phi) is 5.61. The van der Waals surface area contributed by atoms with Crippen LogP contribution in [0.3, 0.4) is 0 Å². The summed E-state index contributed by atoms with van der Waals surface area (Å²) in [4.78, 5) is 19.5. The Morgan fingerprint density at radius 1 is 1.16 bits per heavy atom. The van der Waals surface area contributed by atoms with Gasteiger partial charge in [-0.3, -0.25) is 14.5 Å². The number of hydrogen-bond donors (Lipinski definition) is 1. The number of benzene rings is 2. The highest BCUT2D eigenvalue weighted by atomic mass is 32.1. The Labute approximate surface area is 191 Å². The number of carbonyl (C=O) groups is 1. The van der Waals surface area contributed by atoms with E-state index in [2.05, 4.69) is 15.2 Å². The van der Waals surface area contributed by atoms with E-state index >= 15 is 0 Å². The quantitative estimate of drug-likeness (QED) is 0.442. The van der Waals surface area contributed by atoms with Gasteiger partial charge >= 0.3 is 0 Å². The lowest BCUT2D eigenvalue weighted by Crippen LogP contribution is -2.38. The number of para-hydroxylation sites is 2. The zero-order valence-electron chi connectivity index (χ0n) is 18.0. The predicted octanol–water partition coefficient (Wildman–Crippen LogP) is 4.85. The van der Waals surface area contributed by atoms with Gasteiger partial charge in [-0.05, 0) is 44.1 Å². The van der Waals surface area contributed by atoms with Gasteiger partial charge in [0.05, 0.1) is 0 Å². The highest BCUT2D eigenvalue weighted by Gasteiger charge is 2.27. The number of likely N-dealkylation sites (tertiary alicyclic amines) is 1. The van der Waals surface area contributed by atoms with E-state index in [4.69, 9.17) is 16.6 Å². The highest BCUT2D eigenvalue weighted by Crippen LogP contribution is 2.30. The van der Waals surface area contributed by atoms with E-state index in [1.807, 2.05) is 64.9 Å². The average Bonchev–Trinajstić information content (AvgIpc) is 3.41. The largest absolute Gasteiger partial charge is 0.440 e. The zero-order chi connectivity index (χ0) is 22.1. The molecule has 2 aromatic heterocycles. The molecule has 1 N–H and O–H groups in total. The lowest BCUT2D eigenvalue weighted by atomic mass is 9.96. The van der Waals surface area contributed by atoms with Gasteiger partial charge in [-0.25, -0.2) is 4.98 Å². The van der Waals surface area contributed by atoms with Gasteiger partial charge in [0.15, 0.2) is 22.1 Å². The SMILES string of the molecule is Cc1ccc(-c2n[nH]c(=S)n2CCC(=O)N2CCC(c3nc4ccccc4o3)CC2)cc1. The van der Waals surface area contributed by atoms with Crippen LogP contribution in [-0.2, 0) is 11.3 Å². The number of aromatic amines is 1. The van der Waals surface area contributed by atoms with Gasteiger partial charge in [0.1, 0.15) is 5.52 Å². The third kappa shape index (κ3) is 4.10.